The van der Waals surface area contributed by atoms with Crippen LogP contribution in [0.4, 0.5) is 5.13 Å². The van der Waals surface area contributed by atoms with Crippen LogP contribution in [-0.2, 0) is 0 Å². The Morgan fingerprint density at radius 3 is 2.89 bits per heavy atom. The van der Waals surface area contributed by atoms with Gasteiger partial charge in [-0.25, -0.2) is 4.98 Å². The van der Waals surface area contributed by atoms with Crippen LogP contribution in [0.15, 0.2) is 18.2 Å². The Hall–Kier alpha value is -1.29. The van der Waals surface area contributed by atoms with Gasteiger partial charge in [0.2, 0.25) is 0 Å². The van der Waals surface area contributed by atoms with Crippen molar-refractivity contribution in [2.75, 3.05) is 24.6 Å². The molecule has 0 bridgehead atoms. The monoisotopic (exact) mass is 276 g/mol. The van der Waals surface area contributed by atoms with E-state index in [0.29, 0.717) is 6.61 Å². The van der Waals surface area contributed by atoms with Crippen LogP contribution in [0.5, 0.6) is 5.75 Å². The molecule has 4 heteroatoms. The third-order valence-electron chi connectivity index (χ3n) is 3.71. The number of rotatable bonds is 3. The van der Waals surface area contributed by atoms with Gasteiger partial charge in [-0.1, -0.05) is 18.3 Å². The fourth-order valence-corrected chi connectivity index (χ4v) is 3.53. The predicted octanol–water partition coefficient (Wildman–Crippen LogP) is 3.93. The molecule has 0 radical (unpaired) electrons. The standard InChI is InChI=1S/C15H20N2OS/c1-3-18-12-4-5-13-14(10-12)19-15(16-13)17-8-6-11(2)7-9-17/h4-5,10-11H,3,6-9H2,1-2H3. The molecular formula is C15H20N2OS. The molecule has 102 valence electrons. The summed E-state index contributed by atoms with van der Waals surface area (Å²) in [7, 11) is 0. The number of nitrogens with zero attached hydrogens (tertiary/aromatic N) is 2. The first kappa shape index (κ1) is 12.7. The maximum Gasteiger partial charge on any atom is 0.186 e. The minimum atomic E-state index is 0.710. The van der Waals surface area contributed by atoms with E-state index in [-0.39, 0.29) is 0 Å². The molecule has 0 atom stereocenters. The summed E-state index contributed by atoms with van der Waals surface area (Å²) in [6, 6.07) is 6.17. The highest BCUT2D eigenvalue weighted by molar-refractivity contribution is 7.22. The quantitative estimate of drug-likeness (QED) is 0.849. The van der Waals surface area contributed by atoms with Crippen molar-refractivity contribution in [3.8, 4) is 5.75 Å². The van der Waals surface area contributed by atoms with Gasteiger partial charge in [-0.15, -0.1) is 0 Å². The van der Waals surface area contributed by atoms with Crippen molar-refractivity contribution in [1.29, 1.82) is 0 Å². The number of anilines is 1. The van der Waals surface area contributed by atoms with Gasteiger partial charge < -0.3 is 9.64 Å². The Morgan fingerprint density at radius 2 is 2.16 bits per heavy atom. The minimum absolute atomic E-state index is 0.710. The minimum Gasteiger partial charge on any atom is -0.494 e. The zero-order chi connectivity index (χ0) is 13.2. The van der Waals surface area contributed by atoms with Crippen LogP contribution in [0.2, 0.25) is 0 Å². The molecule has 0 unspecified atom stereocenters. The molecule has 1 aromatic carbocycles. The normalized spacial score (nSPS) is 17.1. The van der Waals surface area contributed by atoms with Crippen molar-refractivity contribution in [2.45, 2.75) is 26.7 Å². The summed E-state index contributed by atoms with van der Waals surface area (Å²) in [6.45, 7) is 7.33. The van der Waals surface area contributed by atoms with Crippen LogP contribution in [0, 0.1) is 5.92 Å². The molecule has 0 amide bonds. The molecule has 0 aliphatic carbocycles. The van der Waals surface area contributed by atoms with E-state index >= 15 is 0 Å². The molecule has 3 nitrogen and oxygen atoms in total. The summed E-state index contributed by atoms with van der Waals surface area (Å²) in [5.74, 6) is 1.80. The van der Waals surface area contributed by atoms with E-state index in [4.69, 9.17) is 9.72 Å². The van der Waals surface area contributed by atoms with Crippen molar-refractivity contribution in [1.82, 2.24) is 4.98 Å². The van der Waals surface area contributed by atoms with Gasteiger partial charge in [-0.3, -0.25) is 0 Å². The second kappa shape index (κ2) is 5.37. The summed E-state index contributed by atoms with van der Waals surface area (Å²) in [5, 5.41) is 1.16. The summed E-state index contributed by atoms with van der Waals surface area (Å²) < 4.78 is 6.77. The topological polar surface area (TPSA) is 25.4 Å². The second-order valence-corrected chi connectivity index (χ2v) is 6.24. The zero-order valence-electron chi connectivity index (χ0n) is 11.6. The number of fused-ring (bicyclic) bond motifs is 1. The van der Waals surface area contributed by atoms with Crippen molar-refractivity contribution in [2.24, 2.45) is 5.92 Å². The Balaban J connectivity index is 1.84. The van der Waals surface area contributed by atoms with E-state index in [2.05, 4.69) is 24.0 Å². The molecular weight excluding hydrogens is 256 g/mol. The summed E-state index contributed by atoms with van der Waals surface area (Å²) in [4.78, 5) is 7.17. The Bertz CT molecular complexity index is 558. The van der Waals surface area contributed by atoms with Crippen molar-refractivity contribution >= 4 is 26.7 Å². The first-order chi connectivity index (χ1) is 9.26. The highest BCUT2D eigenvalue weighted by atomic mass is 32.1. The second-order valence-electron chi connectivity index (χ2n) is 5.23. The fourth-order valence-electron chi connectivity index (χ4n) is 2.48. The first-order valence-electron chi connectivity index (χ1n) is 7.04. The van der Waals surface area contributed by atoms with Crippen LogP contribution < -0.4 is 9.64 Å². The molecule has 2 heterocycles. The summed E-state index contributed by atoms with van der Waals surface area (Å²) >= 11 is 1.78. The van der Waals surface area contributed by atoms with Crippen LogP contribution in [0.1, 0.15) is 26.7 Å². The van der Waals surface area contributed by atoms with Gasteiger partial charge in [0, 0.05) is 13.1 Å². The molecule has 0 N–H and O–H groups in total. The predicted molar refractivity (Wildman–Crippen MR) is 81.4 cm³/mol. The smallest absolute Gasteiger partial charge is 0.186 e. The van der Waals surface area contributed by atoms with Gasteiger partial charge in [-0.2, -0.15) is 0 Å². The highest BCUT2D eigenvalue weighted by Gasteiger charge is 2.18. The molecule has 19 heavy (non-hydrogen) atoms. The van der Waals surface area contributed by atoms with Gasteiger partial charge in [0.15, 0.2) is 5.13 Å². The van der Waals surface area contributed by atoms with Crippen LogP contribution in [0.25, 0.3) is 10.2 Å². The van der Waals surface area contributed by atoms with Gasteiger partial charge in [-0.05, 0) is 43.9 Å². The van der Waals surface area contributed by atoms with Crippen molar-refractivity contribution < 1.29 is 4.74 Å². The number of aromatic nitrogens is 1. The van der Waals surface area contributed by atoms with Crippen molar-refractivity contribution in [3.63, 3.8) is 0 Å². The number of piperidine rings is 1. The van der Waals surface area contributed by atoms with E-state index in [9.17, 15) is 0 Å². The Kier molecular flexibility index (Phi) is 3.60. The maximum atomic E-state index is 5.55. The molecule has 3 rings (SSSR count). The van der Waals surface area contributed by atoms with Crippen LogP contribution in [-0.4, -0.2) is 24.7 Å². The molecule has 1 aromatic heterocycles. The lowest BCUT2D eigenvalue weighted by Gasteiger charge is -2.29. The lowest BCUT2D eigenvalue weighted by Crippen LogP contribution is -2.32. The maximum absolute atomic E-state index is 5.55. The van der Waals surface area contributed by atoms with E-state index in [0.717, 1.165) is 35.4 Å². The lowest BCUT2D eigenvalue weighted by molar-refractivity contribution is 0.341. The average molecular weight is 276 g/mol. The number of hydrogen-bond donors (Lipinski definition) is 0. The number of hydrogen-bond acceptors (Lipinski definition) is 4. The number of benzene rings is 1. The molecule has 2 aromatic rings. The molecule has 0 spiro atoms. The van der Waals surface area contributed by atoms with Gasteiger partial charge in [0.1, 0.15) is 5.75 Å². The third kappa shape index (κ3) is 2.68. The van der Waals surface area contributed by atoms with Gasteiger partial charge >= 0.3 is 0 Å². The molecule has 1 aliphatic rings. The first-order valence-corrected chi connectivity index (χ1v) is 7.86. The van der Waals surface area contributed by atoms with Crippen LogP contribution in [0.3, 0.4) is 0 Å². The fraction of sp³-hybridized carbons (Fsp3) is 0.533. The molecule has 0 saturated carbocycles. The molecule has 1 fully saturated rings. The Morgan fingerprint density at radius 1 is 1.37 bits per heavy atom. The largest absolute Gasteiger partial charge is 0.494 e. The number of ether oxygens (including phenoxy) is 1. The van der Waals surface area contributed by atoms with Crippen LogP contribution >= 0.6 is 11.3 Å². The van der Waals surface area contributed by atoms with E-state index in [1.165, 1.54) is 17.5 Å². The van der Waals surface area contributed by atoms with E-state index in [1.54, 1.807) is 11.3 Å². The van der Waals surface area contributed by atoms with E-state index in [1.807, 2.05) is 13.0 Å². The third-order valence-corrected chi connectivity index (χ3v) is 4.79. The zero-order valence-corrected chi connectivity index (χ0v) is 12.4. The molecule has 1 saturated heterocycles. The number of thiazole rings is 1. The summed E-state index contributed by atoms with van der Waals surface area (Å²) in [6.07, 6.45) is 2.56. The van der Waals surface area contributed by atoms with Gasteiger partial charge in [0.25, 0.3) is 0 Å². The highest BCUT2D eigenvalue weighted by Crippen LogP contribution is 2.33. The van der Waals surface area contributed by atoms with Gasteiger partial charge in [0.05, 0.1) is 16.8 Å². The SMILES string of the molecule is CCOc1ccc2nc(N3CCC(C)CC3)sc2c1. The van der Waals surface area contributed by atoms with E-state index < -0.39 is 0 Å². The Labute approximate surface area is 118 Å². The summed E-state index contributed by atoms with van der Waals surface area (Å²) in [5.41, 5.74) is 1.09. The lowest BCUT2D eigenvalue weighted by atomic mass is 10.00. The van der Waals surface area contributed by atoms with Crippen molar-refractivity contribution in [3.05, 3.63) is 18.2 Å². The average Bonchev–Trinajstić information content (AvgIpc) is 2.83. The molecule has 1 aliphatic heterocycles.